The molecule has 178 valence electrons. The minimum absolute atomic E-state index is 0. The van der Waals surface area contributed by atoms with E-state index in [1.807, 2.05) is 24.3 Å². The summed E-state index contributed by atoms with van der Waals surface area (Å²) in [5.41, 5.74) is 1.82. The lowest BCUT2D eigenvalue weighted by molar-refractivity contribution is 0.211. The summed E-state index contributed by atoms with van der Waals surface area (Å²) in [7, 11) is 1.68. The van der Waals surface area contributed by atoms with Gasteiger partial charge >= 0.3 is 5.69 Å². The minimum Gasteiger partial charge on any atom is -0.497 e. The molecule has 1 fully saturated rings. The highest BCUT2D eigenvalue weighted by atomic mass is 35.5. The standard InChI is InChI=1S/C24H24N4O4S.ClH/c1-31-15-5-6-18-16(10-15)17-12-27(11-14(17)13-32-18)8-3-9-28-23(29)22-21(26-24(28)30)20-19(33-22)4-2-7-25-20;/h2,4-7,10,14,17H,3,8-9,11-13H2,1H3,(H,26,30);1H/t14-,17-;/m1./s1. The number of benzene rings is 1. The molecule has 0 amide bonds. The van der Waals surface area contributed by atoms with Crippen molar-refractivity contribution in [2.24, 2.45) is 5.92 Å². The van der Waals surface area contributed by atoms with Gasteiger partial charge in [-0.05, 0) is 43.3 Å². The molecule has 10 heteroatoms. The number of aromatic amines is 1. The maximum Gasteiger partial charge on any atom is 0.328 e. The number of nitrogens with zero attached hydrogens (tertiary/aromatic N) is 3. The summed E-state index contributed by atoms with van der Waals surface area (Å²) in [6.07, 6.45) is 2.40. The van der Waals surface area contributed by atoms with E-state index in [1.54, 1.807) is 13.3 Å². The monoisotopic (exact) mass is 500 g/mol. The number of methoxy groups -OCH3 is 1. The van der Waals surface area contributed by atoms with Crippen LogP contribution in [-0.2, 0) is 6.54 Å². The molecule has 1 saturated heterocycles. The van der Waals surface area contributed by atoms with Crippen LogP contribution in [0.2, 0.25) is 0 Å². The van der Waals surface area contributed by atoms with E-state index in [4.69, 9.17) is 9.47 Å². The van der Waals surface area contributed by atoms with Gasteiger partial charge in [-0.2, -0.15) is 0 Å². The third kappa shape index (κ3) is 3.77. The Morgan fingerprint density at radius 1 is 1.24 bits per heavy atom. The quantitative estimate of drug-likeness (QED) is 0.452. The molecule has 8 nitrogen and oxygen atoms in total. The highest BCUT2D eigenvalue weighted by Gasteiger charge is 2.38. The molecule has 0 saturated carbocycles. The van der Waals surface area contributed by atoms with E-state index in [9.17, 15) is 9.59 Å². The molecule has 6 rings (SSSR count). The van der Waals surface area contributed by atoms with Crippen LogP contribution in [0.1, 0.15) is 17.9 Å². The molecule has 1 N–H and O–H groups in total. The van der Waals surface area contributed by atoms with E-state index in [2.05, 4.69) is 20.9 Å². The second kappa shape index (κ2) is 9.05. The van der Waals surface area contributed by atoms with Crippen LogP contribution < -0.4 is 20.7 Å². The third-order valence-corrected chi connectivity index (χ3v) is 7.94. The summed E-state index contributed by atoms with van der Waals surface area (Å²) >= 11 is 1.38. The average Bonchev–Trinajstić information content (AvgIpc) is 3.42. The van der Waals surface area contributed by atoms with Crippen LogP contribution in [0.3, 0.4) is 0 Å². The highest BCUT2D eigenvalue weighted by molar-refractivity contribution is 7.25. The molecule has 0 radical (unpaired) electrons. The van der Waals surface area contributed by atoms with E-state index >= 15 is 0 Å². The number of hydrogen-bond acceptors (Lipinski definition) is 7. The van der Waals surface area contributed by atoms with E-state index in [-0.39, 0.29) is 23.7 Å². The maximum absolute atomic E-state index is 13.0. The third-order valence-electron chi connectivity index (χ3n) is 6.81. The Labute approximate surface area is 205 Å². The van der Waals surface area contributed by atoms with Crippen molar-refractivity contribution in [1.82, 2.24) is 19.4 Å². The summed E-state index contributed by atoms with van der Waals surface area (Å²) in [6, 6.07) is 9.76. The number of aromatic nitrogens is 3. The van der Waals surface area contributed by atoms with Crippen molar-refractivity contribution in [2.75, 3.05) is 33.4 Å². The Morgan fingerprint density at radius 2 is 2.12 bits per heavy atom. The van der Waals surface area contributed by atoms with Crippen LogP contribution in [0, 0.1) is 5.92 Å². The van der Waals surface area contributed by atoms with Gasteiger partial charge in [-0.1, -0.05) is 0 Å². The van der Waals surface area contributed by atoms with Crippen molar-refractivity contribution in [2.45, 2.75) is 18.9 Å². The van der Waals surface area contributed by atoms with Crippen LogP contribution in [0.4, 0.5) is 0 Å². The van der Waals surface area contributed by atoms with Crippen molar-refractivity contribution in [1.29, 1.82) is 0 Å². The Balaban J connectivity index is 0.00000241. The molecule has 1 aromatic carbocycles. The van der Waals surface area contributed by atoms with E-state index < -0.39 is 0 Å². The van der Waals surface area contributed by atoms with Gasteiger partial charge in [0.2, 0.25) is 0 Å². The number of fused-ring (bicyclic) bond motifs is 6. The second-order valence-corrected chi connectivity index (χ2v) is 9.79. The number of pyridine rings is 1. The van der Waals surface area contributed by atoms with Crippen LogP contribution in [0.15, 0.2) is 46.1 Å². The first-order chi connectivity index (χ1) is 16.1. The molecule has 0 bridgehead atoms. The number of likely N-dealkylation sites (tertiary alicyclic amines) is 1. The van der Waals surface area contributed by atoms with Gasteiger partial charge in [0.25, 0.3) is 5.56 Å². The van der Waals surface area contributed by atoms with Crippen molar-refractivity contribution >= 4 is 44.2 Å². The Bertz CT molecular complexity index is 1480. The first kappa shape index (κ1) is 22.9. The molecule has 3 aromatic heterocycles. The maximum atomic E-state index is 13.0. The predicted octanol–water partition coefficient (Wildman–Crippen LogP) is 3.23. The van der Waals surface area contributed by atoms with Gasteiger partial charge in [-0.15, -0.1) is 23.7 Å². The van der Waals surface area contributed by atoms with Crippen molar-refractivity contribution < 1.29 is 9.47 Å². The summed E-state index contributed by atoms with van der Waals surface area (Å²) < 4.78 is 14.2. The fourth-order valence-electron chi connectivity index (χ4n) is 5.18. The molecule has 0 spiro atoms. The predicted molar refractivity (Wildman–Crippen MR) is 135 cm³/mol. The number of halogens is 1. The summed E-state index contributed by atoms with van der Waals surface area (Å²) in [5, 5.41) is 0. The molecule has 2 aliphatic heterocycles. The Hall–Kier alpha value is -2.88. The molecule has 0 aliphatic carbocycles. The van der Waals surface area contributed by atoms with Crippen LogP contribution in [0.5, 0.6) is 11.5 Å². The lowest BCUT2D eigenvalue weighted by Gasteiger charge is -2.28. The average molecular weight is 501 g/mol. The van der Waals surface area contributed by atoms with E-state index in [0.717, 1.165) is 48.9 Å². The Morgan fingerprint density at radius 3 is 2.97 bits per heavy atom. The number of H-pyrrole nitrogens is 1. The normalized spacial score (nSPS) is 19.4. The SMILES string of the molecule is COc1ccc2c(c1)[C@@H]1CN(CCCn3c(=O)[nH]c4c(sc5cccnc54)c3=O)C[C@@H]1CO2.Cl. The number of hydrogen-bond donors (Lipinski definition) is 1. The second-order valence-electron chi connectivity index (χ2n) is 8.74. The Kier molecular flexibility index (Phi) is 6.09. The lowest BCUT2D eigenvalue weighted by Crippen LogP contribution is -2.35. The number of rotatable bonds is 5. The molecule has 0 unspecified atom stereocenters. The number of thiophene rings is 1. The number of nitrogens with one attached hydrogen (secondary N) is 1. The minimum atomic E-state index is -0.373. The molecule has 34 heavy (non-hydrogen) atoms. The fraction of sp³-hybridized carbons (Fsp3) is 0.375. The lowest BCUT2D eigenvalue weighted by atomic mass is 9.87. The van der Waals surface area contributed by atoms with E-state index in [0.29, 0.717) is 34.1 Å². The van der Waals surface area contributed by atoms with Gasteiger partial charge in [0, 0.05) is 43.2 Å². The molecule has 2 atom stereocenters. The van der Waals surface area contributed by atoms with Gasteiger partial charge in [0.15, 0.2) is 0 Å². The van der Waals surface area contributed by atoms with Gasteiger partial charge in [0.1, 0.15) is 21.7 Å². The molecule has 4 aromatic rings. The van der Waals surface area contributed by atoms with Crippen LogP contribution in [-0.4, -0.2) is 52.8 Å². The largest absolute Gasteiger partial charge is 0.497 e. The van der Waals surface area contributed by atoms with Gasteiger partial charge in [-0.3, -0.25) is 14.3 Å². The summed E-state index contributed by atoms with van der Waals surface area (Å²) in [6.45, 7) is 3.83. The fourth-order valence-corrected chi connectivity index (χ4v) is 6.24. The highest BCUT2D eigenvalue weighted by Crippen LogP contribution is 2.43. The van der Waals surface area contributed by atoms with Crippen LogP contribution in [0.25, 0.3) is 20.4 Å². The first-order valence-corrected chi connectivity index (χ1v) is 12.0. The van der Waals surface area contributed by atoms with Crippen molar-refractivity contribution in [3.63, 3.8) is 0 Å². The number of ether oxygens (including phenoxy) is 2. The van der Waals surface area contributed by atoms with Crippen molar-refractivity contribution in [3.8, 4) is 11.5 Å². The van der Waals surface area contributed by atoms with Crippen LogP contribution >= 0.6 is 23.7 Å². The molecular weight excluding hydrogens is 476 g/mol. The van der Waals surface area contributed by atoms with Gasteiger partial charge in [-0.25, -0.2) is 4.79 Å². The summed E-state index contributed by atoms with van der Waals surface area (Å²) in [4.78, 5) is 35.3. The van der Waals surface area contributed by atoms with Crippen molar-refractivity contribution in [3.05, 3.63) is 62.9 Å². The zero-order chi connectivity index (χ0) is 22.5. The molecule has 5 heterocycles. The topological polar surface area (TPSA) is 89.5 Å². The first-order valence-electron chi connectivity index (χ1n) is 11.2. The molecular formula is C24H25ClN4O4S. The zero-order valence-corrected chi connectivity index (χ0v) is 20.3. The van der Waals surface area contributed by atoms with E-state index in [1.165, 1.54) is 21.5 Å². The molecule has 2 aliphatic rings. The van der Waals surface area contributed by atoms with Gasteiger partial charge < -0.3 is 19.4 Å². The smallest absolute Gasteiger partial charge is 0.328 e. The van der Waals surface area contributed by atoms with Gasteiger partial charge in [0.05, 0.1) is 23.9 Å². The summed E-state index contributed by atoms with van der Waals surface area (Å²) in [5.74, 6) is 2.65. The zero-order valence-electron chi connectivity index (χ0n) is 18.7.